The first-order valence-electron chi connectivity index (χ1n) is 6.99. The molecule has 23 heavy (non-hydrogen) atoms. The average molecular weight is 312 g/mol. The van der Waals surface area contributed by atoms with Crippen LogP contribution in [-0.2, 0) is 6.54 Å². The van der Waals surface area contributed by atoms with Crippen molar-refractivity contribution in [3.63, 3.8) is 0 Å². The summed E-state index contributed by atoms with van der Waals surface area (Å²) in [4.78, 5) is 16.4. The van der Waals surface area contributed by atoms with Gasteiger partial charge in [0.15, 0.2) is 0 Å². The maximum atomic E-state index is 13.1. The molecule has 0 bridgehead atoms. The van der Waals surface area contributed by atoms with Gasteiger partial charge < -0.3 is 10.2 Å². The first kappa shape index (κ1) is 16.4. The highest BCUT2D eigenvalue weighted by atomic mass is 19.1. The van der Waals surface area contributed by atoms with Crippen LogP contribution in [0.25, 0.3) is 0 Å². The molecule has 6 heteroatoms. The van der Waals surface area contributed by atoms with Crippen LogP contribution >= 0.6 is 0 Å². The Labute approximate surface area is 134 Å². The van der Waals surface area contributed by atoms with Crippen LogP contribution in [0.4, 0.5) is 10.2 Å². The first-order chi connectivity index (χ1) is 11.1. The Balaban J connectivity index is 2.28. The second-order valence-electron chi connectivity index (χ2n) is 4.79. The molecule has 2 N–H and O–H groups in total. The van der Waals surface area contributed by atoms with Crippen molar-refractivity contribution in [2.75, 3.05) is 11.9 Å². The van der Waals surface area contributed by atoms with Gasteiger partial charge in [0.05, 0.1) is 12.7 Å². The molecule has 1 heterocycles. The largest absolute Gasteiger partial charge is 0.394 e. The van der Waals surface area contributed by atoms with E-state index in [2.05, 4.69) is 10.3 Å². The summed E-state index contributed by atoms with van der Waals surface area (Å²) < 4.78 is 13.1. The van der Waals surface area contributed by atoms with Crippen LogP contribution in [0.15, 0.2) is 54.9 Å². The fourth-order valence-corrected chi connectivity index (χ4v) is 1.95. The zero-order valence-electron chi connectivity index (χ0n) is 12.7. The first-order valence-corrected chi connectivity index (χ1v) is 6.99. The molecule has 0 amide bonds. The van der Waals surface area contributed by atoms with Crippen LogP contribution in [0.3, 0.4) is 0 Å². The number of halogens is 1. The number of nitrogens with one attached hydrogen (secondary N) is 2. The van der Waals surface area contributed by atoms with Gasteiger partial charge in [-0.25, -0.2) is 9.37 Å². The lowest BCUT2D eigenvalue weighted by molar-refractivity contribution is 0.112. The number of amidine groups is 1. The molecule has 0 aliphatic carbocycles. The number of carbonyl (C=O) groups excluding carboxylic acids is 1. The number of anilines is 1. The van der Waals surface area contributed by atoms with Crippen molar-refractivity contribution in [2.45, 2.75) is 6.54 Å². The lowest BCUT2D eigenvalue weighted by Gasteiger charge is -2.22. The van der Waals surface area contributed by atoms with Gasteiger partial charge in [-0.05, 0) is 30.0 Å². The number of aromatic nitrogens is 1. The van der Waals surface area contributed by atoms with Crippen LogP contribution in [0, 0.1) is 11.2 Å². The van der Waals surface area contributed by atoms with Gasteiger partial charge in [0, 0.05) is 12.6 Å². The Morgan fingerprint density at radius 3 is 2.61 bits per heavy atom. The lowest BCUT2D eigenvalue weighted by Crippen LogP contribution is -2.29. The molecule has 2 rings (SSSR count). The van der Waals surface area contributed by atoms with E-state index in [0.29, 0.717) is 17.9 Å². The number of aldehydes is 1. The van der Waals surface area contributed by atoms with Gasteiger partial charge in [-0.1, -0.05) is 24.3 Å². The van der Waals surface area contributed by atoms with E-state index in [0.717, 1.165) is 18.0 Å². The van der Waals surface area contributed by atoms with Crippen LogP contribution in [0.5, 0.6) is 0 Å². The molecule has 0 fully saturated rings. The summed E-state index contributed by atoms with van der Waals surface area (Å²) in [5, 5.41) is 11.0. The molecule has 118 valence electrons. The summed E-state index contributed by atoms with van der Waals surface area (Å²) in [6, 6.07) is 9.89. The van der Waals surface area contributed by atoms with Crippen LogP contribution < -0.4 is 10.2 Å². The van der Waals surface area contributed by atoms with E-state index in [1.165, 1.54) is 12.1 Å². The van der Waals surface area contributed by atoms with Crippen molar-refractivity contribution in [2.24, 2.45) is 0 Å². The normalized spacial score (nSPS) is 10.5. The molecule has 1 aromatic carbocycles. The SMILES string of the molecule is CN/C=C\C(=N)N(Cc1ccc(C=O)cc1)c1ccc(F)cn1. The van der Waals surface area contributed by atoms with Crippen molar-refractivity contribution >= 4 is 17.9 Å². The standard InChI is InChI=1S/C17H17FN4O/c1-20-9-8-16(19)22(17-7-6-15(18)10-21-17)11-13-2-4-14(12-23)5-3-13/h2-10,12,19-20H,11H2,1H3/b9-8-,19-16?. The van der Waals surface area contributed by atoms with Gasteiger partial charge in [0.25, 0.3) is 0 Å². The summed E-state index contributed by atoms with van der Waals surface area (Å²) >= 11 is 0. The van der Waals surface area contributed by atoms with Crippen molar-refractivity contribution in [1.29, 1.82) is 5.41 Å². The Kier molecular flexibility index (Phi) is 5.57. The predicted molar refractivity (Wildman–Crippen MR) is 88.1 cm³/mol. The van der Waals surface area contributed by atoms with E-state index < -0.39 is 5.82 Å². The highest BCUT2D eigenvalue weighted by Crippen LogP contribution is 2.16. The van der Waals surface area contributed by atoms with E-state index in [1.54, 1.807) is 36.4 Å². The highest BCUT2D eigenvalue weighted by molar-refractivity contribution is 6.02. The number of pyridine rings is 1. The summed E-state index contributed by atoms with van der Waals surface area (Å²) in [5.74, 6) is 0.246. The van der Waals surface area contributed by atoms with Gasteiger partial charge >= 0.3 is 0 Å². The van der Waals surface area contributed by atoms with Crippen molar-refractivity contribution in [3.05, 3.63) is 71.8 Å². The second-order valence-corrected chi connectivity index (χ2v) is 4.79. The third-order valence-corrected chi connectivity index (χ3v) is 3.14. The summed E-state index contributed by atoms with van der Waals surface area (Å²) in [5.41, 5.74) is 1.50. The Bertz CT molecular complexity index is 696. The smallest absolute Gasteiger partial charge is 0.150 e. The van der Waals surface area contributed by atoms with Gasteiger partial charge in [-0.15, -0.1) is 0 Å². The molecule has 2 aromatic rings. The van der Waals surface area contributed by atoms with Crippen LogP contribution in [-0.4, -0.2) is 24.2 Å². The molecular weight excluding hydrogens is 295 g/mol. The Morgan fingerprint density at radius 2 is 2.04 bits per heavy atom. The highest BCUT2D eigenvalue weighted by Gasteiger charge is 2.12. The monoisotopic (exact) mass is 312 g/mol. The van der Waals surface area contributed by atoms with Gasteiger partial charge in [0.1, 0.15) is 23.8 Å². The molecule has 0 atom stereocenters. The molecule has 0 saturated heterocycles. The quantitative estimate of drug-likeness (QED) is 0.489. The van der Waals surface area contributed by atoms with Crippen molar-refractivity contribution < 1.29 is 9.18 Å². The zero-order valence-corrected chi connectivity index (χ0v) is 12.7. The van der Waals surface area contributed by atoms with E-state index in [9.17, 15) is 9.18 Å². The van der Waals surface area contributed by atoms with E-state index in [4.69, 9.17) is 5.41 Å². The maximum Gasteiger partial charge on any atom is 0.150 e. The molecule has 0 saturated carbocycles. The molecule has 0 spiro atoms. The number of rotatable bonds is 6. The number of hydrogen-bond donors (Lipinski definition) is 2. The number of carbonyl (C=O) groups is 1. The molecule has 0 aliphatic heterocycles. The molecule has 1 aromatic heterocycles. The zero-order chi connectivity index (χ0) is 16.7. The minimum atomic E-state index is -0.429. The van der Waals surface area contributed by atoms with Gasteiger partial charge in [-0.3, -0.25) is 10.2 Å². The molecule has 0 unspecified atom stereocenters. The fraction of sp³-hybridized carbons (Fsp3) is 0.118. The van der Waals surface area contributed by atoms with Gasteiger partial charge in [0.2, 0.25) is 0 Å². The van der Waals surface area contributed by atoms with Crippen molar-refractivity contribution in [3.8, 4) is 0 Å². The average Bonchev–Trinajstić information content (AvgIpc) is 2.59. The number of hydrogen-bond acceptors (Lipinski definition) is 4. The summed E-state index contributed by atoms with van der Waals surface area (Å²) in [6.45, 7) is 0.380. The second kappa shape index (κ2) is 7.84. The number of nitrogens with zero attached hydrogens (tertiary/aromatic N) is 2. The summed E-state index contributed by atoms with van der Waals surface area (Å²) in [7, 11) is 1.74. The number of benzene rings is 1. The lowest BCUT2D eigenvalue weighted by atomic mass is 10.1. The minimum absolute atomic E-state index is 0.206. The van der Waals surface area contributed by atoms with Crippen LogP contribution in [0.2, 0.25) is 0 Å². The van der Waals surface area contributed by atoms with Crippen molar-refractivity contribution in [1.82, 2.24) is 10.3 Å². The predicted octanol–water partition coefficient (Wildman–Crippen LogP) is 2.75. The fourth-order valence-electron chi connectivity index (χ4n) is 1.95. The molecular formula is C17H17FN4O. The molecule has 0 radical (unpaired) electrons. The third-order valence-electron chi connectivity index (χ3n) is 3.14. The third kappa shape index (κ3) is 4.47. The Hall–Kier alpha value is -3.02. The summed E-state index contributed by atoms with van der Waals surface area (Å²) in [6.07, 6.45) is 5.12. The minimum Gasteiger partial charge on any atom is -0.394 e. The van der Waals surface area contributed by atoms with Crippen LogP contribution in [0.1, 0.15) is 15.9 Å². The molecule has 0 aliphatic rings. The Morgan fingerprint density at radius 1 is 1.30 bits per heavy atom. The van der Waals surface area contributed by atoms with E-state index in [1.807, 2.05) is 12.1 Å². The van der Waals surface area contributed by atoms with E-state index >= 15 is 0 Å². The molecule has 5 nitrogen and oxygen atoms in total. The maximum absolute atomic E-state index is 13.1. The topological polar surface area (TPSA) is 69.1 Å². The van der Waals surface area contributed by atoms with Gasteiger partial charge in [-0.2, -0.15) is 0 Å². The van der Waals surface area contributed by atoms with E-state index in [-0.39, 0.29) is 5.84 Å².